The molecule has 1 aromatic rings. The van der Waals surface area contributed by atoms with Gasteiger partial charge in [-0.25, -0.2) is 0 Å². The van der Waals surface area contributed by atoms with Crippen molar-refractivity contribution in [2.75, 3.05) is 0 Å². The van der Waals surface area contributed by atoms with Crippen molar-refractivity contribution in [2.45, 2.75) is 65.9 Å². The van der Waals surface area contributed by atoms with Crippen molar-refractivity contribution < 1.29 is 57.1 Å². The number of hydrogen-bond donors (Lipinski definition) is 2. The molecule has 0 saturated heterocycles. The highest BCUT2D eigenvalue weighted by Crippen LogP contribution is 2.49. The lowest BCUT2D eigenvalue weighted by Crippen LogP contribution is -2.54. The van der Waals surface area contributed by atoms with Crippen molar-refractivity contribution in [3.63, 3.8) is 0 Å². The summed E-state index contributed by atoms with van der Waals surface area (Å²) in [5.41, 5.74) is 0. The standard InChI is InChI=1S/C12H9F13N2S3/c1-7(13,14)10(19,20)8(15,16)2-26-4(28)5(29)27(6(26)30)3-9(17,18)11(21,22)12(23,24)25/h28-29H,2-3H2,1H3. The molecule has 176 valence electrons. The Hall–Kier alpha value is -0.780. The summed E-state index contributed by atoms with van der Waals surface area (Å²) in [4.78, 5) is 0. The van der Waals surface area contributed by atoms with Crippen LogP contribution in [-0.4, -0.2) is 44.9 Å². The third-order valence-electron chi connectivity index (χ3n) is 3.71. The summed E-state index contributed by atoms with van der Waals surface area (Å²) >= 11 is 11.2. The van der Waals surface area contributed by atoms with Crippen LogP contribution >= 0.6 is 37.5 Å². The average Bonchev–Trinajstić information content (AvgIpc) is 2.70. The van der Waals surface area contributed by atoms with Gasteiger partial charge in [-0.2, -0.15) is 57.1 Å². The third kappa shape index (κ3) is 4.40. The van der Waals surface area contributed by atoms with E-state index in [0.29, 0.717) is 0 Å². The number of hydrogen-bond acceptors (Lipinski definition) is 3. The molecule has 0 aliphatic carbocycles. The van der Waals surface area contributed by atoms with E-state index < -0.39 is 70.6 Å². The Labute approximate surface area is 174 Å². The SMILES string of the molecule is CC(F)(F)C(F)(F)C(F)(F)Cn1c(S)c(S)n(CC(F)(F)C(F)(F)C(F)(F)F)c1=S. The van der Waals surface area contributed by atoms with E-state index in [0.717, 1.165) is 0 Å². The maximum atomic E-state index is 13.8. The van der Waals surface area contributed by atoms with Crippen LogP contribution in [0.4, 0.5) is 57.1 Å². The van der Waals surface area contributed by atoms with Crippen molar-refractivity contribution in [3.8, 4) is 0 Å². The topological polar surface area (TPSA) is 9.86 Å². The number of halogens is 13. The monoisotopic (exact) mass is 524 g/mol. The van der Waals surface area contributed by atoms with Crippen LogP contribution in [0.2, 0.25) is 0 Å². The van der Waals surface area contributed by atoms with E-state index in [1.165, 1.54) is 0 Å². The molecule has 0 atom stereocenters. The second-order valence-corrected chi connectivity index (χ2v) is 7.26. The lowest BCUT2D eigenvalue weighted by Gasteiger charge is -2.31. The van der Waals surface area contributed by atoms with Crippen LogP contribution in [0.25, 0.3) is 0 Å². The fourth-order valence-corrected chi connectivity index (χ4v) is 3.00. The Kier molecular flexibility index (Phi) is 6.97. The average molecular weight is 524 g/mol. The zero-order valence-electron chi connectivity index (χ0n) is 14.0. The van der Waals surface area contributed by atoms with Gasteiger partial charge < -0.3 is 9.13 Å². The van der Waals surface area contributed by atoms with Gasteiger partial charge >= 0.3 is 35.8 Å². The van der Waals surface area contributed by atoms with Crippen LogP contribution in [0.15, 0.2) is 10.1 Å². The first-order valence-electron chi connectivity index (χ1n) is 7.09. The Bertz CT molecular complexity index is 781. The van der Waals surface area contributed by atoms with Crippen LogP contribution < -0.4 is 0 Å². The fourth-order valence-electron chi connectivity index (χ4n) is 1.98. The number of imidazole rings is 1. The van der Waals surface area contributed by atoms with Crippen molar-refractivity contribution in [1.29, 1.82) is 0 Å². The van der Waals surface area contributed by atoms with Crippen molar-refractivity contribution in [2.24, 2.45) is 0 Å². The molecular weight excluding hydrogens is 515 g/mol. The molecular formula is C12H9F13N2S3. The maximum absolute atomic E-state index is 13.8. The fraction of sp³-hybridized carbons (Fsp3) is 0.750. The molecule has 0 fully saturated rings. The predicted molar refractivity (Wildman–Crippen MR) is 84.2 cm³/mol. The highest BCUT2D eigenvalue weighted by atomic mass is 32.1. The van der Waals surface area contributed by atoms with Crippen LogP contribution in [0.5, 0.6) is 0 Å². The second-order valence-electron chi connectivity index (χ2n) is 6.05. The lowest BCUT2D eigenvalue weighted by molar-refractivity contribution is -0.357. The van der Waals surface area contributed by atoms with E-state index in [-0.39, 0.29) is 9.13 Å². The highest BCUT2D eigenvalue weighted by Gasteiger charge is 2.73. The number of thiol groups is 2. The largest absolute Gasteiger partial charge is 0.459 e. The molecule has 0 aliphatic heterocycles. The molecule has 0 aliphatic rings. The number of aromatic nitrogens is 2. The van der Waals surface area contributed by atoms with Crippen molar-refractivity contribution in [1.82, 2.24) is 9.13 Å². The quantitative estimate of drug-likeness (QED) is 0.240. The normalized spacial score (nSPS) is 15.1. The van der Waals surface area contributed by atoms with Crippen LogP contribution in [-0.2, 0) is 13.1 Å². The van der Waals surface area contributed by atoms with E-state index in [1.807, 2.05) is 0 Å². The molecule has 0 N–H and O–H groups in total. The summed E-state index contributed by atoms with van der Waals surface area (Å²) in [6.07, 6.45) is -6.72. The zero-order chi connectivity index (χ0) is 24.3. The van der Waals surface area contributed by atoms with Gasteiger partial charge in [0, 0.05) is 6.92 Å². The van der Waals surface area contributed by atoms with Gasteiger partial charge in [-0.3, -0.25) is 0 Å². The number of nitrogens with zero attached hydrogens (tertiary/aromatic N) is 2. The predicted octanol–water partition coefficient (Wildman–Crippen LogP) is 6.36. The molecule has 1 heterocycles. The molecule has 0 bridgehead atoms. The van der Waals surface area contributed by atoms with Gasteiger partial charge in [0.25, 0.3) is 0 Å². The molecule has 0 amide bonds. The Morgan fingerprint density at radius 1 is 0.667 bits per heavy atom. The van der Waals surface area contributed by atoms with Crippen molar-refractivity contribution >= 4 is 37.5 Å². The molecule has 1 aromatic heterocycles. The molecule has 0 radical (unpaired) electrons. The first-order chi connectivity index (χ1) is 12.9. The Morgan fingerprint density at radius 3 is 1.23 bits per heavy atom. The smallest absolute Gasteiger partial charge is 0.305 e. The molecule has 1 rings (SSSR count). The summed E-state index contributed by atoms with van der Waals surface area (Å²) in [6, 6.07) is 0. The molecule has 2 nitrogen and oxygen atoms in total. The second kappa shape index (κ2) is 7.67. The molecule has 0 aromatic carbocycles. The maximum Gasteiger partial charge on any atom is 0.459 e. The minimum absolute atomic E-state index is 0.234. The summed E-state index contributed by atoms with van der Waals surface area (Å²) in [7, 11) is 0. The van der Waals surface area contributed by atoms with Gasteiger partial charge in [-0.1, -0.05) is 0 Å². The Morgan fingerprint density at radius 2 is 0.967 bits per heavy atom. The van der Waals surface area contributed by atoms with Gasteiger partial charge in [0.1, 0.15) is 10.1 Å². The van der Waals surface area contributed by atoms with E-state index in [9.17, 15) is 57.1 Å². The van der Waals surface area contributed by atoms with E-state index in [2.05, 4.69) is 37.5 Å². The third-order valence-corrected chi connectivity index (χ3v) is 5.24. The molecule has 30 heavy (non-hydrogen) atoms. The summed E-state index contributed by atoms with van der Waals surface area (Å²) in [5.74, 6) is -29.3. The van der Waals surface area contributed by atoms with Gasteiger partial charge in [0.2, 0.25) is 0 Å². The summed E-state index contributed by atoms with van der Waals surface area (Å²) < 4.78 is 168. The van der Waals surface area contributed by atoms with Gasteiger partial charge in [-0.05, 0) is 12.2 Å². The van der Waals surface area contributed by atoms with Crippen LogP contribution in [0, 0.1) is 4.77 Å². The number of alkyl halides is 13. The summed E-state index contributed by atoms with van der Waals surface area (Å²) in [5, 5.41) is -2.13. The van der Waals surface area contributed by atoms with E-state index in [1.54, 1.807) is 0 Å². The minimum atomic E-state index is -6.72. The van der Waals surface area contributed by atoms with Gasteiger partial charge in [-0.15, -0.1) is 25.3 Å². The van der Waals surface area contributed by atoms with E-state index in [4.69, 9.17) is 0 Å². The molecule has 0 unspecified atom stereocenters. The van der Waals surface area contributed by atoms with Crippen LogP contribution in [0.1, 0.15) is 6.92 Å². The first-order valence-corrected chi connectivity index (χ1v) is 8.39. The summed E-state index contributed by atoms with van der Waals surface area (Å²) in [6.45, 7) is -5.50. The minimum Gasteiger partial charge on any atom is -0.305 e. The van der Waals surface area contributed by atoms with Gasteiger partial charge in [0.05, 0.1) is 13.1 Å². The Balaban J connectivity index is 3.47. The van der Waals surface area contributed by atoms with Gasteiger partial charge in [0.15, 0.2) is 4.77 Å². The number of rotatable bonds is 7. The first kappa shape index (κ1) is 27.3. The molecule has 0 spiro atoms. The van der Waals surface area contributed by atoms with Crippen LogP contribution in [0.3, 0.4) is 0 Å². The lowest BCUT2D eigenvalue weighted by atomic mass is 10.1. The van der Waals surface area contributed by atoms with E-state index >= 15 is 0 Å². The highest BCUT2D eigenvalue weighted by molar-refractivity contribution is 7.83. The zero-order valence-corrected chi connectivity index (χ0v) is 16.6. The molecule has 0 saturated carbocycles. The molecule has 18 heteroatoms. The van der Waals surface area contributed by atoms with Crippen molar-refractivity contribution in [3.05, 3.63) is 4.77 Å².